The Balaban J connectivity index is 0.000000193. The maximum absolute atomic E-state index is 7.87. The van der Waals surface area contributed by atoms with Gasteiger partial charge in [0.25, 0.3) is 0 Å². The van der Waals surface area contributed by atoms with Gasteiger partial charge in [0.15, 0.2) is 0 Å². The second kappa shape index (κ2) is 16.6. The van der Waals surface area contributed by atoms with Gasteiger partial charge in [-0.2, -0.15) is 0 Å². The molecule has 0 N–H and O–H groups in total. The van der Waals surface area contributed by atoms with Gasteiger partial charge in [-0.3, -0.25) is 0 Å². The average Bonchev–Trinajstić information content (AvgIpc) is 3.55. The molecule has 1 radical (unpaired) electrons. The molecule has 3 heterocycles. The van der Waals surface area contributed by atoms with Crippen molar-refractivity contribution in [3.63, 3.8) is 0 Å². The Morgan fingerprint density at radius 1 is 0.727 bits per heavy atom. The summed E-state index contributed by atoms with van der Waals surface area (Å²) in [4.78, 5) is 9.31. The molecule has 5 aromatic carbocycles. The first-order chi connectivity index (χ1) is 27.0. The molecule has 279 valence electrons. The van der Waals surface area contributed by atoms with Crippen molar-refractivity contribution in [2.75, 3.05) is 0 Å². The van der Waals surface area contributed by atoms with Crippen molar-refractivity contribution >= 4 is 39.6 Å². The zero-order chi connectivity index (χ0) is 40.5. The molecule has 0 bridgehead atoms. The number of rotatable bonds is 6. The summed E-state index contributed by atoms with van der Waals surface area (Å²) in [6, 6.07) is 46.9. The van der Waals surface area contributed by atoms with Crippen LogP contribution in [-0.2, 0) is 26.5 Å². The summed E-state index contributed by atoms with van der Waals surface area (Å²) in [6.45, 7) is 6.70. The fourth-order valence-electron chi connectivity index (χ4n) is 7.06. The summed E-state index contributed by atoms with van der Waals surface area (Å²) in [5.41, 5.74) is 12.2. The van der Waals surface area contributed by atoms with E-state index in [2.05, 4.69) is 134 Å². The van der Waals surface area contributed by atoms with Crippen molar-refractivity contribution in [1.29, 1.82) is 0 Å². The van der Waals surface area contributed by atoms with Crippen LogP contribution in [0, 0.1) is 31.3 Å². The molecular formula is C50H48GeIrN2O-2. The zero-order valence-electron chi connectivity index (χ0n) is 35.5. The molecule has 3 aromatic heterocycles. The molecule has 0 unspecified atom stereocenters. The van der Waals surface area contributed by atoms with E-state index >= 15 is 0 Å². The van der Waals surface area contributed by atoms with Gasteiger partial charge in [0.2, 0.25) is 0 Å². The number of fused-ring (bicyclic) bond motifs is 3. The molecule has 0 atom stereocenters. The van der Waals surface area contributed by atoms with Crippen molar-refractivity contribution in [2.24, 2.45) is 5.41 Å². The van der Waals surface area contributed by atoms with Crippen LogP contribution in [-0.4, -0.2) is 23.2 Å². The predicted molar refractivity (Wildman–Crippen MR) is 231 cm³/mol. The molecule has 8 rings (SSSR count). The van der Waals surface area contributed by atoms with Gasteiger partial charge in [-0.05, 0) is 40.8 Å². The summed E-state index contributed by atoms with van der Waals surface area (Å²) in [5, 5.41) is 2.21. The van der Waals surface area contributed by atoms with E-state index in [1.807, 2.05) is 60.9 Å². The Morgan fingerprint density at radius 2 is 1.45 bits per heavy atom. The predicted octanol–water partition coefficient (Wildman–Crippen LogP) is 13.1. The fourth-order valence-corrected chi connectivity index (χ4v) is 10.6. The summed E-state index contributed by atoms with van der Waals surface area (Å²) in [5.74, 6) is 7.07. The third-order valence-corrected chi connectivity index (χ3v) is 14.1. The molecule has 55 heavy (non-hydrogen) atoms. The van der Waals surface area contributed by atoms with Gasteiger partial charge in [-0.15, -0.1) is 18.2 Å². The summed E-state index contributed by atoms with van der Waals surface area (Å²) in [7, 11) is 0. The summed E-state index contributed by atoms with van der Waals surface area (Å²) in [6.07, 6.45) is 4.89. The van der Waals surface area contributed by atoms with Crippen LogP contribution in [0.25, 0.3) is 66.7 Å². The zero-order valence-corrected chi connectivity index (χ0v) is 37.0. The molecule has 0 saturated heterocycles. The van der Waals surface area contributed by atoms with E-state index in [0.717, 1.165) is 62.0 Å². The van der Waals surface area contributed by atoms with Crippen LogP contribution in [0.3, 0.4) is 0 Å². The van der Waals surface area contributed by atoms with Gasteiger partial charge in [0.1, 0.15) is 5.58 Å². The minimum absolute atomic E-state index is 0. The van der Waals surface area contributed by atoms with Gasteiger partial charge < -0.3 is 9.40 Å². The van der Waals surface area contributed by atoms with E-state index in [1.165, 1.54) is 21.1 Å². The van der Waals surface area contributed by atoms with Crippen LogP contribution in [0.15, 0.2) is 138 Å². The molecule has 0 spiro atoms. The third-order valence-electron chi connectivity index (χ3n) is 9.59. The van der Waals surface area contributed by atoms with Crippen LogP contribution >= 0.6 is 0 Å². The molecule has 0 aliphatic carbocycles. The Morgan fingerprint density at radius 3 is 2.13 bits per heavy atom. The summed E-state index contributed by atoms with van der Waals surface area (Å²) >= 11 is -1.96. The minimum atomic E-state index is -2.19. The smallest absolute Gasteiger partial charge is 0 e. The van der Waals surface area contributed by atoms with Crippen molar-refractivity contribution in [3.8, 4) is 44.8 Å². The molecule has 3 nitrogen and oxygen atoms in total. The van der Waals surface area contributed by atoms with Crippen LogP contribution in [0.2, 0.25) is 17.3 Å². The quantitative estimate of drug-likeness (QED) is 0.123. The van der Waals surface area contributed by atoms with Crippen LogP contribution in [0.4, 0.5) is 0 Å². The Hall–Kier alpha value is -4.61. The van der Waals surface area contributed by atoms with Crippen LogP contribution in [0.5, 0.6) is 0 Å². The SMILES string of the molecule is CC(C)(C)Cc1ccnc(-c2[c-]ccc3c2oc2cc(-c4ccccc4)ccc23)c1.[2H]C([2H])([2H])c1c[c-]c(-c2cc(C)[c]([Ge]([CH3])([CH3])[CH3])cn2)cc1-c1ccccc1.[Ir]. The van der Waals surface area contributed by atoms with E-state index in [4.69, 9.17) is 8.53 Å². The standard InChI is InChI=1S/C28H24NO.C22H24GeN.Ir/c1-28(2,3)18-19-14-15-29-25(16-19)24-11-7-10-23-22-13-12-21(17-26(22)30-27(23)24)20-8-5-4-6-9-20;1-16-11-12-19(14-20(16)18-9-7-6-8-10-18)22-13-17(2)21(15-24-22)23(3,4)5;/h4-10,12-17H,18H2,1-3H3;6-11,13-15H,1-5H3;/q2*-1;/i;1D3;. The van der Waals surface area contributed by atoms with Gasteiger partial charge in [0, 0.05) is 31.7 Å². The van der Waals surface area contributed by atoms with Gasteiger partial charge >= 0.3 is 152 Å². The molecule has 8 aromatic rings. The van der Waals surface area contributed by atoms with Crippen LogP contribution < -0.4 is 4.40 Å². The minimum Gasteiger partial charge on any atom is 0 e. The number of aromatic nitrogens is 2. The second-order valence-electron chi connectivity index (χ2n) is 16.2. The maximum atomic E-state index is 7.87. The van der Waals surface area contributed by atoms with E-state index in [9.17, 15) is 0 Å². The number of hydrogen-bond acceptors (Lipinski definition) is 3. The van der Waals surface area contributed by atoms with E-state index in [-0.39, 0.29) is 25.5 Å². The first kappa shape index (κ1) is 36.1. The molecular weight excluding hydrogens is 909 g/mol. The van der Waals surface area contributed by atoms with Crippen molar-refractivity contribution in [2.45, 2.75) is 58.2 Å². The maximum Gasteiger partial charge on any atom is 0 e. The first-order valence-corrected chi connectivity index (χ1v) is 25.9. The third kappa shape index (κ3) is 9.27. The average molecular weight is 961 g/mol. The number of aryl methyl sites for hydroxylation is 2. The van der Waals surface area contributed by atoms with Crippen LogP contribution in [0.1, 0.15) is 41.6 Å². The van der Waals surface area contributed by atoms with Gasteiger partial charge in [-0.25, -0.2) is 0 Å². The molecule has 0 aliphatic heterocycles. The first-order valence-electron chi connectivity index (χ1n) is 20.0. The topological polar surface area (TPSA) is 38.9 Å². The number of furan rings is 1. The Bertz CT molecular complexity index is 2680. The number of benzene rings is 5. The van der Waals surface area contributed by atoms with Crippen molar-refractivity contribution in [1.82, 2.24) is 9.97 Å². The van der Waals surface area contributed by atoms with Gasteiger partial charge in [-0.1, -0.05) is 85.8 Å². The van der Waals surface area contributed by atoms with E-state index in [0.29, 0.717) is 11.1 Å². The Kier molecular flexibility index (Phi) is 10.9. The largest absolute Gasteiger partial charge is 0 e. The molecule has 5 heteroatoms. The molecule has 0 amide bonds. The number of nitrogens with zero attached hydrogens (tertiary/aromatic N) is 2. The number of hydrogen-bond donors (Lipinski definition) is 0. The van der Waals surface area contributed by atoms with Gasteiger partial charge in [0.05, 0.1) is 5.58 Å². The summed E-state index contributed by atoms with van der Waals surface area (Å²) < 4.78 is 31.4. The number of pyridine rings is 2. The second-order valence-corrected chi connectivity index (χ2v) is 26.8. The van der Waals surface area contributed by atoms with Crippen molar-refractivity contribution in [3.05, 3.63) is 163 Å². The van der Waals surface area contributed by atoms with E-state index in [1.54, 1.807) is 6.07 Å². The molecule has 0 saturated carbocycles. The molecule has 0 aliphatic rings. The normalized spacial score (nSPS) is 12.6. The molecule has 0 fully saturated rings. The Labute approximate surface area is 347 Å². The van der Waals surface area contributed by atoms with Crippen molar-refractivity contribution < 1.29 is 28.6 Å². The fraction of sp³-hybridized carbons (Fsp3) is 0.200. The monoisotopic (exact) mass is 962 g/mol. The van der Waals surface area contributed by atoms with E-state index < -0.39 is 20.1 Å².